The summed E-state index contributed by atoms with van der Waals surface area (Å²) in [4.78, 5) is 31.9. The van der Waals surface area contributed by atoms with E-state index in [4.69, 9.17) is 4.74 Å². The number of carbonyl (C=O) groups is 1. The zero-order valence-electron chi connectivity index (χ0n) is 18.4. The molecule has 9 heteroatoms. The number of fused-ring (bicyclic) bond motifs is 1. The third-order valence-corrected chi connectivity index (χ3v) is 5.71. The summed E-state index contributed by atoms with van der Waals surface area (Å²) in [6.07, 6.45) is 3.93. The number of rotatable bonds is 10. The molecule has 1 aromatic heterocycles. The molecule has 2 aromatic carbocycles. The number of aromatic nitrogens is 1. The first-order valence-electron chi connectivity index (χ1n) is 10.3. The lowest BCUT2D eigenvalue weighted by Crippen LogP contribution is -2.32. The fourth-order valence-corrected chi connectivity index (χ4v) is 4.10. The second-order valence-corrected chi connectivity index (χ2v) is 8.40. The maximum absolute atomic E-state index is 13.1. The highest BCUT2D eigenvalue weighted by molar-refractivity contribution is 7.22. The van der Waals surface area contributed by atoms with Crippen LogP contribution in [0.3, 0.4) is 0 Å². The topological polar surface area (TPSA) is 88.8 Å². The Labute approximate surface area is 190 Å². The van der Waals surface area contributed by atoms with E-state index in [1.165, 1.54) is 29.5 Å². The number of non-ortho nitro benzene ring substituents is 1. The van der Waals surface area contributed by atoms with E-state index < -0.39 is 4.92 Å². The van der Waals surface area contributed by atoms with Crippen LogP contribution in [-0.2, 0) is 4.79 Å². The molecule has 0 atom stereocenters. The van der Waals surface area contributed by atoms with E-state index in [0.717, 1.165) is 28.9 Å². The molecule has 0 radical (unpaired) electrons. The van der Waals surface area contributed by atoms with Crippen molar-refractivity contribution in [2.24, 2.45) is 0 Å². The maximum atomic E-state index is 13.1. The molecular weight excluding hydrogens is 428 g/mol. The van der Waals surface area contributed by atoms with Crippen molar-refractivity contribution in [3.63, 3.8) is 0 Å². The summed E-state index contributed by atoms with van der Waals surface area (Å²) in [6, 6.07) is 11.8. The zero-order chi connectivity index (χ0) is 23.1. The van der Waals surface area contributed by atoms with Crippen molar-refractivity contribution in [1.29, 1.82) is 0 Å². The monoisotopic (exact) mass is 454 g/mol. The van der Waals surface area contributed by atoms with E-state index in [0.29, 0.717) is 23.8 Å². The fraction of sp³-hybridized carbons (Fsp3) is 0.304. The Morgan fingerprint density at radius 1 is 1.19 bits per heavy atom. The largest absolute Gasteiger partial charge is 0.494 e. The van der Waals surface area contributed by atoms with Crippen molar-refractivity contribution in [3.05, 3.63) is 64.2 Å². The molecule has 3 rings (SSSR count). The summed E-state index contributed by atoms with van der Waals surface area (Å²) < 4.78 is 6.53. The maximum Gasteiger partial charge on any atom is 0.269 e. The van der Waals surface area contributed by atoms with Gasteiger partial charge >= 0.3 is 0 Å². The molecule has 1 heterocycles. The first-order chi connectivity index (χ1) is 15.4. The van der Waals surface area contributed by atoms with Crippen molar-refractivity contribution in [3.8, 4) is 5.75 Å². The van der Waals surface area contributed by atoms with Crippen LogP contribution in [0.15, 0.2) is 48.5 Å². The number of anilines is 1. The predicted molar refractivity (Wildman–Crippen MR) is 128 cm³/mol. The minimum Gasteiger partial charge on any atom is -0.494 e. The van der Waals surface area contributed by atoms with Crippen molar-refractivity contribution in [1.82, 2.24) is 9.88 Å². The van der Waals surface area contributed by atoms with Crippen LogP contribution < -0.4 is 9.64 Å². The third kappa shape index (κ3) is 6.12. The number of amides is 1. The Morgan fingerprint density at radius 3 is 2.59 bits per heavy atom. The fourth-order valence-electron chi connectivity index (χ4n) is 3.07. The summed E-state index contributed by atoms with van der Waals surface area (Å²) in [5, 5.41) is 11.4. The summed E-state index contributed by atoms with van der Waals surface area (Å²) in [5.74, 6) is 0.588. The number of nitrogens with zero attached hydrogens (tertiary/aromatic N) is 4. The summed E-state index contributed by atoms with van der Waals surface area (Å²) in [5.41, 5.74) is 1.54. The highest BCUT2D eigenvalue weighted by Crippen LogP contribution is 2.32. The first-order valence-corrected chi connectivity index (χ1v) is 11.1. The molecule has 0 fully saturated rings. The van der Waals surface area contributed by atoms with Gasteiger partial charge in [0.25, 0.3) is 11.6 Å². The molecule has 32 heavy (non-hydrogen) atoms. The highest BCUT2D eigenvalue weighted by Gasteiger charge is 2.18. The Hall–Kier alpha value is -3.30. The van der Waals surface area contributed by atoms with Crippen LogP contribution in [0.4, 0.5) is 10.8 Å². The second-order valence-electron chi connectivity index (χ2n) is 7.39. The lowest BCUT2D eigenvalue weighted by molar-refractivity contribution is -0.384. The van der Waals surface area contributed by atoms with E-state index >= 15 is 0 Å². The molecule has 0 unspecified atom stereocenters. The lowest BCUT2D eigenvalue weighted by Gasteiger charge is -2.19. The average Bonchev–Trinajstić information content (AvgIpc) is 3.18. The molecule has 0 spiro atoms. The van der Waals surface area contributed by atoms with E-state index in [1.54, 1.807) is 23.1 Å². The van der Waals surface area contributed by atoms with Crippen molar-refractivity contribution >= 4 is 44.4 Å². The van der Waals surface area contributed by atoms with Crippen molar-refractivity contribution in [2.75, 3.05) is 38.7 Å². The number of hydrogen-bond donors (Lipinski definition) is 0. The van der Waals surface area contributed by atoms with Gasteiger partial charge in [0, 0.05) is 24.8 Å². The van der Waals surface area contributed by atoms with Gasteiger partial charge in [0.1, 0.15) is 5.75 Å². The predicted octanol–water partition coefficient (Wildman–Crippen LogP) is 4.60. The average molecular weight is 455 g/mol. The standard InChI is InChI=1S/C23H26N4O4S/c1-4-31-19-11-12-20-21(16-19)32-23(24-20)26(15-5-14-25(2)3)22(28)13-8-17-6-9-18(10-7-17)27(29)30/h6-13,16H,4-5,14-15H2,1-3H3/b13-8-. The molecule has 3 aromatic rings. The molecule has 168 valence electrons. The highest BCUT2D eigenvalue weighted by atomic mass is 32.1. The Kier molecular flexibility index (Phi) is 7.91. The molecule has 1 amide bonds. The smallest absolute Gasteiger partial charge is 0.269 e. The molecular formula is C23H26N4O4S. The van der Waals surface area contributed by atoms with E-state index in [2.05, 4.69) is 9.88 Å². The molecule has 0 aliphatic heterocycles. The molecule has 0 N–H and O–H groups in total. The minimum atomic E-state index is -0.449. The van der Waals surface area contributed by atoms with Gasteiger partial charge in [0.15, 0.2) is 5.13 Å². The molecule has 0 aliphatic rings. The number of nitro groups is 1. The summed E-state index contributed by atoms with van der Waals surface area (Å²) >= 11 is 1.45. The van der Waals surface area contributed by atoms with Crippen molar-refractivity contribution in [2.45, 2.75) is 13.3 Å². The van der Waals surface area contributed by atoms with Gasteiger partial charge in [-0.05, 0) is 76.0 Å². The number of nitro benzene ring substituents is 1. The SMILES string of the molecule is CCOc1ccc2nc(N(CCCN(C)C)C(=O)/C=C\c3ccc([N+](=O)[O-])cc3)sc2c1. The first kappa shape index (κ1) is 23.4. The number of ether oxygens (including phenoxy) is 1. The van der Waals surface area contributed by atoms with Crippen LogP contribution in [-0.4, -0.2) is 54.5 Å². The molecule has 0 saturated carbocycles. The second kappa shape index (κ2) is 10.8. The zero-order valence-corrected chi connectivity index (χ0v) is 19.2. The number of thiazole rings is 1. The third-order valence-electron chi connectivity index (χ3n) is 4.67. The van der Waals surface area contributed by atoms with Gasteiger partial charge in [-0.2, -0.15) is 0 Å². The molecule has 8 nitrogen and oxygen atoms in total. The molecule has 0 aliphatic carbocycles. The van der Waals surface area contributed by atoms with E-state index in [-0.39, 0.29) is 11.6 Å². The van der Waals surface area contributed by atoms with E-state index in [9.17, 15) is 14.9 Å². The van der Waals surface area contributed by atoms with E-state index in [1.807, 2.05) is 39.2 Å². The Balaban J connectivity index is 1.83. The summed E-state index contributed by atoms with van der Waals surface area (Å²) in [6.45, 7) is 3.89. The van der Waals surface area contributed by atoms with Gasteiger partial charge in [0.2, 0.25) is 0 Å². The Bertz CT molecular complexity index is 1110. The van der Waals surface area contributed by atoms with Gasteiger partial charge in [-0.1, -0.05) is 11.3 Å². The van der Waals surface area contributed by atoms with Crippen LogP contribution >= 0.6 is 11.3 Å². The quantitative estimate of drug-likeness (QED) is 0.253. The summed E-state index contributed by atoms with van der Waals surface area (Å²) in [7, 11) is 3.99. The Morgan fingerprint density at radius 2 is 1.94 bits per heavy atom. The van der Waals surface area contributed by atoms with Gasteiger partial charge in [-0.3, -0.25) is 19.8 Å². The molecule has 0 bridgehead atoms. The number of benzene rings is 2. The minimum absolute atomic E-state index is 0.0136. The normalized spacial score (nSPS) is 11.4. The van der Waals surface area contributed by atoms with Gasteiger partial charge in [-0.25, -0.2) is 4.98 Å². The number of carbonyl (C=O) groups excluding carboxylic acids is 1. The molecule has 0 saturated heterocycles. The van der Waals surface area contributed by atoms with Crippen molar-refractivity contribution < 1.29 is 14.5 Å². The van der Waals surface area contributed by atoms with Gasteiger partial charge in [-0.15, -0.1) is 0 Å². The van der Waals surface area contributed by atoms with Crippen LogP contribution in [0, 0.1) is 10.1 Å². The van der Waals surface area contributed by atoms with Gasteiger partial charge < -0.3 is 9.64 Å². The van der Waals surface area contributed by atoms with Crippen LogP contribution in [0.2, 0.25) is 0 Å². The van der Waals surface area contributed by atoms with Crippen LogP contribution in [0.1, 0.15) is 18.9 Å². The lowest BCUT2D eigenvalue weighted by atomic mass is 10.2. The number of hydrogen-bond acceptors (Lipinski definition) is 7. The van der Waals surface area contributed by atoms with Gasteiger partial charge in [0.05, 0.1) is 21.7 Å². The van der Waals surface area contributed by atoms with Crippen LogP contribution in [0.25, 0.3) is 16.3 Å². The van der Waals surface area contributed by atoms with Crippen LogP contribution in [0.5, 0.6) is 5.75 Å².